The molecule has 1 rings (SSSR count). The van der Waals surface area contributed by atoms with Gasteiger partial charge in [-0.1, -0.05) is 0 Å². The molecule has 0 atom stereocenters. The zero-order valence-electron chi connectivity index (χ0n) is 12.0. The summed E-state index contributed by atoms with van der Waals surface area (Å²) in [5.41, 5.74) is 0.595. The third kappa shape index (κ3) is 4.59. The van der Waals surface area contributed by atoms with Gasteiger partial charge in [-0.05, 0) is 44.3 Å². The molecule has 0 radical (unpaired) electrons. The maximum Gasteiger partial charge on any atom is 0.242 e. The number of nitrogens with zero attached hydrogens (tertiary/aromatic N) is 1. The molecule has 20 heavy (non-hydrogen) atoms. The molecular formula is C13H21N3O3S. The zero-order valence-corrected chi connectivity index (χ0v) is 12.8. The van der Waals surface area contributed by atoms with Crippen LogP contribution in [0.15, 0.2) is 29.2 Å². The average Bonchev–Trinajstić information content (AvgIpc) is 2.39. The summed E-state index contributed by atoms with van der Waals surface area (Å²) in [6, 6.07) is 6.15. The van der Waals surface area contributed by atoms with Crippen LogP contribution in [0, 0.1) is 0 Å². The predicted molar refractivity (Wildman–Crippen MR) is 79.1 cm³/mol. The Balaban J connectivity index is 2.66. The first-order valence-corrected chi connectivity index (χ1v) is 7.79. The first-order valence-electron chi connectivity index (χ1n) is 6.35. The maximum atomic E-state index is 11.9. The van der Waals surface area contributed by atoms with Gasteiger partial charge in [-0.3, -0.25) is 4.79 Å². The highest BCUT2D eigenvalue weighted by Crippen LogP contribution is 2.16. The van der Waals surface area contributed by atoms with Gasteiger partial charge in [0.15, 0.2) is 0 Å². The van der Waals surface area contributed by atoms with Gasteiger partial charge in [0.25, 0.3) is 0 Å². The molecule has 0 aliphatic heterocycles. The van der Waals surface area contributed by atoms with Crippen molar-refractivity contribution in [2.75, 3.05) is 33.0 Å². The summed E-state index contributed by atoms with van der Waals surface area (Å²) in [6.45, 7) is 0.785. The predicted octanol–water partition coefficient (Wildman–Crippen LogP) is 0.875. The Hall–Kier alpha value is -1.44. The standard InChI is InChI=1S/C13H21N3O3S/c1-14-10-4-5-13(17)15-11-6-8-12(9-7-11)20(18,19)16(2)3/h6-9,14H,4-5,10H2,1-3H3,(H,15,17). The van der Waals surface area contributed by atoms with Crippen LogP contribution in [0.2, 0.25) is 0 Å². The van der Waals surface area contributed by atoms with Crippen LogP contribution >= 0.6 is 0 Å². The second-order valence-electron chi connectivity index (χ2n) is 4.57. The van der Waals surface area contributed by atoms with Crippen LogP contribution in [0.25, 0.3) is 0 Å². The fourth-order valence-corrected chi connectivity index (χ4v) is 2.47. The lowest BCUT2D eigenvalue weighted by atomic mass is 10.2. The van der Waals surface area contributed by atoms with E-state index in [0.717, 1.165) is 17.3 Å². The minimum Gasteiger partial charge on any atom is -0.326 e. The number of carbonyl (C=O) groups excluding carboxylic acids is 1. The van der Waals surface area contributed by atoms with E-state index < -0.39 is 10.0 Å². The van der Waals surface area contributed by atoms with Gasteiger partial charge < -0.3 is 10.6 Å². The number of sulfonamides is 1. The third-order valence-electron chi connectivity index (χ3n) is 2.75. The maximum absolute atomic E-state index is 11.9. The van der Waals surface area contributed by atoms with Crippen LogP contribution in [-0.4, -0.2) is 46.3 Å². The van der Waals surface area contributed by atoms with Gasteiger partial charge >= 0.3 is 0 Å². The number of amides is 1. The van der Waals surface area contributed by atoms with Gasteiger partial charge in [0.2, 0.25) is 15.9 Å². The van der Waals surface area contributed by atoms with E-state index in [0.29, 0.717) is 12.1 Å². The molecule has 0 spiro atoms. The summed E-state index contributed by atoms with van der Waals surface area (Å²) in [7, 11) is 1.37. The van der Waals surface area contributed by atoms with Crippen molar-refractivity contribution in [3.63, 3.8) is 0 Å². The topological polar surface area (TPSA) is 78.5 Å². The fraction of sp³-hybridized carbons (Fsp3) is 0.462. The highest BCUT2D eigenvalue weighted by Gasteiger charge is 2.16. The van der Waals surface area contributed by atoms with E-state index in [1.165, 1.54) is 26.2 Å². The number of nitrogens with one attached hydrogen (secondary N) is 2. The quantitative estimate of drug-likeness (QED) is 0.733. The Morgan fingerprint density at radius 2 is 1.80 bits per heavy atom. The Morgan fingerprint density at radius 3 is 2.30 bits per heavy atom. The van der Waals surface area contributed by atoms with Crippen LogP contribution in [0.3, 0.4) is 0 Å². The van der Waals surface area contributed by atoms with Crippen molar-refractivity contribution in [1.29, 1.82) is 0 Å². The molecule has 0 bridgehead atoms. The van der Waals surface area contributed by atoms with Crippen molar-refractivity contribution in [1.82, 2.24) is 9.62 Å². The largest absolute Gasteiger partial charge is 0.326 e. The molecule has 112 valence electrons. The van der Waals surface area contributed by atoms with Crippen LogP contribution in [0.5, 0.6) is 0 Å². The molecule has 0 fully saturated rings. The number of hydrogen-bond donors (Lipinski definition) is 2. The van der Waals surface area contributed by atoms with Crippen molar-refractivity contribution < 1.29 is 13.2 Å². The third-order valence-corrected chi connectivity index (χ3v) is 4.58. The Labute approximate surface area is 120 Å². The molecule has 1 aromatic rings. The number of rotatable bonds is 7. The Kier molecular flexibility index (Phi) is 6.12. The van der Waals surface area contributed by atoms with Crippen molar-refractivity contribution >= 4 is 21.6 Å². The van der Waals surface area contributed by atoms with E-state index in [1.54, 1.807) is 12.1 Å². The highest BCUT2D eigenvalue weighted by molar-refractivity contribution is 7.89. The number of carbonyl (C=O) groups is 1. The Morgan fingerprint density at radius 1 is 1.20 bits per heavy atom. The minimum atomic E-state index is -3.43. The molecule has 0 aliphatic rings. The first-order chi connectivity index (χ1) is 9.37. The number of anilines is 1. The molecule has 6 nitrogen and oxygen atoms in total. The second kappa shape index (κ2) is 7.37. The van der Waals surface area contributed by atoms with Crippen LogP contribution < -0.4 is 10.6 Å². The zero-order chi connectivity index (χ0) is 15.2. The molecule has 1 amide bonds. The van der Waals surface area contributed by atoms with E-state index in [-0.39, 0.29) is 10.8 Å². The van der Waals surface area contributed by atoms with Crippen LogP contribution in [0.4, 0.5) is 5.69 Å². The van der Waals surface area contributed by atoms with E-state index in [4.69, 9.17) is 0 Å². The molecule has 0 aliphatic carbocycles. The van der Waals surface area contributed by atoms with E-state index in [2.05, 4.69) is 10.6 Å². The summed E-state index contributed by atoms with van der Waals surface area (Å²) in [5.74, 6) is -0.0801. The minimum absolute atomic E-state index is 0.0801. The molecule has 2 N–H and O–H groups in total. The molecule has 0 unspecified atom stereocenters. The van der Waals surface area contributed by atoms with Crippen LogP contribution in [-0.2, 0) is 14.8 Å². The van der Waals surface area contributed by atoms with Gasteiger partial charge in [-0.25, -0.2) is 12.7 Å². The molecule has 0 saturated carbocycles. The van der Waals surface area contributed by atoms with Gasteiger partial charge in [0, 0.05) is 26.2 Å². The van der Waals surface area contributed by atoms with Crippen molar-refractivity contribution in [3.05, 3.63) is 24.3 Å². The molecule has 0 aromatic heterocycles. The first kappa shape index (κ1) is 16.6. The smallest absolute Gasteiger partial charge is 0.242 e. The number of benzene rings is 1. The summed E-state index contributed by atoms with van der Waals surface area (Å²) < 4.78 is 24.9. The molecular weight excluding hydrogens is 278 g/mol. The van der Waals surface area contributed by atoms with Gasteiger partial charge in [0.1, 0.15) is 0 Å². The monoisotopic (exact) mass is 299 g/mol. The SMILES string of the molecule is CNCCCC(=O)Nc1ccc(S(=O)(=O)N(C)C)cc1. The highest BCUT2D eigenvalue weighted by atomic mass is 32.2. The molecule has 7 heteroatoms. The van der Waals surface area contributed by atoms with Crippen LogP contribution in [0.1, 0.15) is 12.8 Å². The normalized spacial score (nSPS) is 11.6. The van der Waals surface area contributed by atoms with Crippen molar-refractivity contribution in [2.24, 2.45) is 0 Å². The molecule has 1 aromatic carbocycles. The number of hydrogen-bond acceptors (Lipinski definition) is 4. The van der Waals surface area contributed by atoms with Gasteiger partial charge in [0.05, 0.1) is 4.90 Å². The van der Waals surface area contributed by atoms with E-state index >= 15 is 0 Å². The lowest BCUT2D eigenvalue weighted by Gasteiger charge is -2.12. The Bertz CT molecular complexity index is 538. The van der Waals surface area contributed by atoms with E-state index in [9.17, 15) is 13.2 Å². The molecule has 0 heterocycles. The summed E-state index contributed by atoms with van der Waals surface area (Å²) in [5, 5.41) is 5.70. The lowest BCUT2D eigenvalue weighted by Crippen LogP contribution is -2.22. The summed E-state index contributed by atoms with van der Waals surface area (Å²) in [4.78, 5) is 11.8. The second-order valence-corrected chi connectivity index (χ2v) is 6.72. The van der Waals surface area contributed by atoms with Crippen molar-refractivity contribution in [3.8, 4) is 0 Å². The van der Waals surface area contributed by atoms with Gasteiger partial charge in [-0.15, -0.1) is 0 Å². The lowest BCUT2D eigenvalue weighted by molar-refractivity contribution is -0.116. The molecule has 0 saturated heterocycles. The average molecular weight is 299 g/mol. The fourth-order valence-electron chi connectivity index (χ4n) is 1.57. The van der Waals surface area contributed by atoms with E-state index in [1.807, 2.05) is 7.05 Å². The summed E-state index contributed by atoms with van der Waals surface area (Å²) >= 11 is 0. The van der Waals surface area contributed by atoms with Gasteiger partial charge in [-0.2, -0.15) is 0 Å². The summed E-state index contributed by atoms with van der Waals surface area (Å²) in [6.07, 6.45) is 1.19. The van der Waals surface area contributed by atoms with Crippen molar-refractivity contribution in [2.45, 2.75) is 17.7 Å².